The Morgan fingerprint density at radius 3 is 2.96 bits per heavy atom. The van der Waals surface area contributed by atoms with Crippen LogP contribution < -0.4 is 34.7 Å². The van der Waals surface area contributed by atoms with E-state index in [2.05, 4.69) is 39.1 Å². The Bertz CT molecular complexity index is 793. The van der Waals surface area contributed by atoms with Crippen LogP contribution in [0.4, 0.5) is 5.13 Å². The van der Waals surface area contributed by atoms with Gasteiger partial charge in [-0.25, -0.2) is 4.98 Å². The second-order valence-corrected chi connectivity index (χ2v) is 7.45. The fraction of sp³-hybridized carbons (Fsp3) is 0.312. The second kappa shape index (κ2) is 7.58. The molecule has 24 heavy (non-hydrogen) atoms. The molecule has 118 valence electrons. The fourth-order valence-corrected chi connectivity index (χ4v) is 4.88. The number of hydrogen-bond acceptors (Lipinski definition) is 6. The summed E-state index contributed by atoms with van der Waals surface area (Å²) in [6.07, 6.45) is 0.893. The molecule has 0 spiro atoms. The van der Waals surface area contributed by atoms with E-state index < -0.39 is 5.97 Å². The molecule has 2 aromatic rings. The first kappa shape index (κ1) is 17.9. The Morgan fingerprint density at radius 1 is 1.38 bits per heavy atom. The summed E-state index contributed by atoms with van der Waals surface area (Å²) in [7, 11) is 0. The number of nitrogens with zero attached hydrogens (tertiary/aromatic N) is 3. The Hall–Kier alpha value is -0.860. The summed E-state index contributed by atoms with van der Waals surface area (Å²) in [5, 5.41) is 14.0. The van der Waals surface area contributed by atoms with Crippen molar-refractivity contribution in [3.8, 4) is 0 Å². The van der Waals surface area contributed by atoms with Crippen LogP contribution in [0.1, 0.15) is 16.8 Å². The van der Waals surface area contributed by atoms with Gasteiger partial charge >= 0.3 is 29.6 Å². The van der Waals surface area contributed by atoms with Crippen LogP contribution in [0, 0.1) is 0 Å². The number of thioether (sulfide) groups is 1. The number of benzene rings is 1. The molecule has 1 atom stereocenters. The number of fused-ring (bicyclic) bond motifs is 2. The monoisotopic (exact) mass is 367 g/mol. The first-order valence-corrected chi connectivity index (χ1v) is 9.25. The molecule has 0 amide bonds. The van der Waals surface area contributed by atoms with Crippen molar-refractivity contribution in [3.05, 3.63) is 46.5 Å². The molecule has 2 aliphatic heterocycles. The van der Waals surface area contributed by atoms with Crippen molar-refractivity contribution >= 4 is 39.4 Å². The van der Waals surface area contributed by atoms with Gasteiger partial charge in [0.1, 0.15) is 0 Å². The number of aliphatic carboxylic acids is 1. The molecular weight excluding hydrogens is 353 g/mol. The van der Waals surface area contributed by atoms with Crippen LogP contribution in [0.15, 0.2) is 34.6 Å². The molecule has 0 radical (unpaired) electrons. The van der Waals surface area contributed by atoms with Gasteiger partial charge in [-0.1, -0.05) is 36.0 Å². The van der Waals surface area contributed by atoms with Crippen LogP contribution in [-0.4, -0.2) is 32.8 Å². The topological polar surface area (TPSA) is 68.6 Å². The summed E-state index contributed by atoms with van der Waals surface area (Å²) in [4.78, 5) is 21.9. The van der Waals surface area contributed by atoms with Gasteiger partial charge in [-0.2, -0.15) is 4.99 Å². The number of carbonyl (C=O) groups excluding carboxylic acids is 1. The molecule has 1 fully saturated rings. The summed E-state index contributed by atoms with van der Waals surface area (Å²) in [5.41, 5.74) is 3.30. The van der Waals surface area contributed by atoms with E-state index in [1.165, 1.54) is 22.5 Å². The number of aromatic nitrogens is 1. The number of rotatable bonds is 3. The SMILES string of the molecule is O=C([O-])Cc1csc(N=C2SC[C@@H]3Cc4ccccc4CN23)n1.[Na+]. The van der Waals surface area contributed by atoms with Crippen molar-refractivity contribution in [1.82, 2.24) is 9.88 Å². The summed E-state index contributed by atoms with van der Waals surface area (Å²) in [6.45, 7) is 0.879. The van der Waals surface area contributed by atoms with Gasteiger partial charge in [0.2, 0.25) is 5.13 Å². The molecule has 0 N–H and O–H groups in total. The Labute approximate surface area is 170 Å². The summed E-state index contributed by atoms with van der Waals surface area (Å²) >= 11 is 3.12. The van der Waals surface area contributed by atoms with Gasteiger partial charge in [0.05, 0.1) is 5.69 Å². The molecular formula is C16H14N3NaO2S2. The third kappa shape index (κ3) is 3.70. The predicted molar refractivity (Wildman–Crippen MR) is 89.9 cm³/mol. The van der Waals surface area contributed by atoms with Crippen LogP contribution in [-0.2, 0) is 24.2 Å². The molecule has 2 aliphatic rings. The zero-order valence-electron chi connectivity index (χ0n) is 13.3. The third-order valence-electron chi connectivity index (χ3n) is 4.06. The minimum absolute atomic E-state index is 0. The largest absolute Gasteiger partial charge is 1.00 e. The maximum Gasteiger partial charge on any atom is 1.00 e. The quantitative estimate of drug-likeness (QED) is 0.625. The minimum atomic E-state index is -1.11. The van der Waals surface area contributed by atoms with Gasteiger partial charge in [0.25, 0.3) is 0 Å². The van der Waals surface area contributed by atoms with E-state index in [0.717, 1.165) is 23.9 Å². The Kier molecular flexibility index (Phi) is 5.66. The normalized spacial score (nSPS) is 20.4. The number of amidine groups is 1. The van der Waals surface area contributed by atoms with Gasteiger partial charge < -0.3 is 14.8 Å². The average molecular weight is 367 g/mol. The van der Waals surface area contributed by atoms with Crippen molar-refractivity contribution in [1.29, 1.82) is 0 Å². The van der Waals surface area contributed by atoms with Gasteiger partial charge in [-0.05, 0) is 17.5 Å². The summed E-state index contributed by atoms with van der Waals surface area (Å²) in [5.74, 6) is -0.0813. The summed E-state index contributed by atoms with van der Waals surface area (Å²) in [6, 6.07) is 9.04. The number of carbonyl (C=O) groups is 1. The van der Waals surface area contributed by atoms with E-state index in [9.17, 15) is 9.90 Å². The van der Waals surface area contributed by atoms with E-state index >= 15 is 0 Å². The molecule has 8 heteroatoms. The Morgan fingerprint density at radius 2 is 2.17 bits per heavy atom. The molecule has 0 aliphatic carbocycles. The third-order valence-corrected chi connectivity index (χ3v) is 5.98. The van der Waals surface area contributed by atoms with E-state index in [1.807, 2.05) is 0 Å². The Balaban J connectivity index is 0.00000169. The first-order chi connectivity index (χ1) is 11.2. The van der Waals surface area contributed by atoms with Crippen molar-refractivity contribution < 1.29 is 39.5 Å². The molecule has 0 bridgehead atoms. The van der Waals surface area contributed by atoms with E-state index in [1.54, 1.807) is 17.1 Å². The molecule has 0 saturated carbocycles. The summed E-state index contributed by atoms with van der Waals surface area (Å²) < 4.78 is 0. The number of aliphatic imine (C=N–C) groups is 1. The number of thiazole rings is 1. The van der Waals surface area contributed by atoms with Crippen LogP contribution in [0.2, 0.25) is 0 Å². The van der Waals surface area contributed by atoms with Gasteiger partial charge in [-0.15, -0.1) is 11.3 Å². The smallest absolute Gasteiger partial charge is 0.550 e. The van der Waals surface area contributed by atoms with E-state index in [4.69, 9.17) is 0 Å². The van der Waals surface area contributed by atoms with Crippen molar-refractivity contribution in [2.45, 2.75) is 25.4 Å². The number of carboxylic acids is 1. The van der Waals surface area contributed by atoms with Gasteiger partial charge in [-0.3, -0.25) is 0 Å². The first-order valence-electron chi connectivity index (χ1n) is 7.38. The van der Waals surface area contributed by atoms with Gasteiger partial charge in [0.15, 0.2) is 5.17 Å². The van der Waals surface area contributed by atoms with Crippen LogP contribution in [0.25, 0.3) is 0 Å². The van der Waals surface area contributed by atoms with E-state index in [-0.39, 0.29) is 36.0 Å². The van der Waals surface area contributed by atoms with Crippen LogP contribution in [0.5, 0.6) is 0 Å². The number of hydrogen-bond donors (Lipinski definition) is 0. The maximum absolute atomic E-state index is 10.6. The van der Waals surface area contributed by atoms with Crippen molar-refractivity contribution in [2.75, 3.05) is 5.75 Å². The van der Waals surface area contributed by atoms with Crippen LogP contribution >= 0.6 is 23.1 Å². The molecule has 5 nitrogen and oxygen atoms in total. The molecule has 4 rings (SSSR count). The fourth-order valence-electron chi connectivity index (χ4n) is 2.97. The zero-order chi connectivity index (χ0) is 15.8. The standard InChI is InChI=1S/C16H15N3O2S2.Na/c20-14(21)6-12-8-22-15(17-12)18-16-19-7-11-4-2-1-3-10(11)5-13(19)9-23-16;/h1-4,8,13H,5-7,9H2,(H,20,21);/q;+1/p-1/t13-;/m0./s1. The van der Waals surface area contributed by atoms with Crippen molar-refractivity contribution in [2.24, 2.45) is 4.99 Å². The van der Waals surface area contributed by atoms with E-state index in [0.29, 0.717) is 16.9 Å². The average Bonchev–Trinajstić information content (AvgIpc) is 3.12. The number of carboxylic acid groups (broad SMARTS) is 1. The molecule has 1 aromatic carbocycles. The molecule has 1 saturated heterocycles. The van der Waals surface area contributed by atoms with Gasteiger partial charge in [0, 0.05) is 36.1 Å². The minimum Gasteiger partial charge on any atom is -0.550 e. The molecule has 3 heterocycles. The zero-order valence-corrected chi connectivity index (χ0v) is 16.9. The predicted octanol–water partition coefficient (Wildman–Crippen LogP) is -1.40. The second-order valence-electron chi connectivity index (χ2n) is 5.63. The molecule has 0 unspecified atom stereocenters. The van der Waals surface area contributed by atoms with Crippen molar-refractivity contribution in [3.63, 3.8) is 0 Å². The molecule has 1 aromatic heterocycles. The van der Waals surface area contributed by atoms with Crippen LogP contribution in [0.3, 0.4) is 0 Å². The maximum atomic E-state index is 10.6.